The van der Waals surface area contributed by atoms with Crippen LogP contribution in [-0.4, -0.2) is 31.2 Å². The number of esters is 1. The average Bonchev–Trinajstić information content (AvgIpc) is 3.18. The van der Waals surface area contributed by atoms with Gasteiger partial charge >= 0.3 is 5.97 Å². The Morgan fingerprint density at radius 3 is 2.90 bits per heavy atom. The summed E-state index contributed by atoms with van der Waals surface area (Å²) in [6, 6.07) is 7.85. The smallest absolute Gasteiger partial charge is 0.306 e. The maximum absolute atomic E-state index is 11.3. The summed E-state index contributed by atoms with van der Waals surface area (Å²) in [5.41, 5.74) is 0.202. The first-order chi connectivity index (χ1) is 9.63. The highest BCUT2D eigenvalue weighted by Crippen LogP contribution is 2.51. The number of hydrogen-bond donors (Lipinski definition) is 0. The van der Waals surface area contributed by atoms with E-state index in [0.717, 1.165) is 34.6 Å². The van der Waals surface area contributed by atoms with Crippen molar-refractivity contribution >= 4 is 33.7 Å². The lowest BCUT2D eigenvalue weighted by Crippen LogP contribution is -2.14. The van der Waals surface area contributed by atoms with Crippen LogP contribution in [-0.2, 0) is 9.53 Å². The van der Waals surface area contributed by atoms with Crippen LogP contribution in [0, 0.1) is 5.41 Å². The molecule has 0 bridgehead atoms. The molecule has 1 aliphatic rings. The normalized spacial score (nSPS) is 15.7. The quantitative estimate of drug-likeness (QED) is 0.521. The highest BCUT2D eigenvalue weighted by molar-refractivity contribution is 9.10. The molecule has 1 aromatic carbocycles. The fraction of sp³-hybridized carbons (Fsp3) is 0.533. The lowest BCUT2D eigenvalue weighted by molar-refractivity contribution is -0.141. The zero-order valence-corrected chi connectivity index (χ0v) is 14.0. The summed E-state index contributed by atoms with van der Waals surface area (Å²) in [5.74, 6) is 2.75. The Bertz CT molecular complexity index is 460. The van der Waals surface area contributed by atoms with Gasteiger partial charge in [0.1, 0.15) is 5.75 Å². The molecule has 1 saturated carbocycles. The number of ether oxygens (including phenoxy) is 2. The first-order valence-electron chi connectivity index (χ1n) is 6.66. The number of thioether (sulfide) groups is 1. The lowest BCUT2D eigenvalue weighted by Gasteiger charge is -2.13. The van der Waals surface area contributed by atoms with Gasteiger partial charge in [-0.25, -0.2) is 0 Å². The monoisotopic (exact) mass is 358 g/mol. The minimum Gasteiger partial charge on any atom is -0.493 e. The van der Waals surface area contributed by atoms with Crippen molar-refractivity contribution in [2.24, 2.45) is 5.41 Å². The number of carbonyl (C=O) groups excluding carboxylic acids is 1. The van der Waals surface area contributed by atoms with Crippen LogP contribution in [0.5, 0.6) is 5.75 Å². The van der Waals surface area contributed by atoms with E-state index >= 15 is 0 Å². The number of methoxy groups -OCH3 is 1. The summed E-state index contributed by atoms with van der Waals surface area (Å²) in [7, 11) is 1.46. The number of rotatable bonds is 8. The van der Waals surface area contributed by atoms with Crippen LogP contribution in [0.4, 0.5) is 0 Å². The topological polar surface area (TPSA) is 35.5 Å². The Balaban J connectivity index is 1.61. The molecule has 0 heterocycles. The van der Waals surface area contributed by atoms with E-state index in [9.17, 15) is 4.79 Å². The molecule has 1 aliphatic carbocycles. The van der Waals surface area contributed by atoms with Gasteiger partial charge in [0, 0.05) is 10.2 Å². The van der Waals surface area contributed by atoms with E-state index < -0.39 is 0 Å². The van der Waals surface area contributed by atoms with Crippen molar-refractivity contribution in [2.45, 2.75) is 19.3 Å². The summed E-state index contributed by atoms with van der Waals surface area (Å²) in [6.07, 6.45) is 2.84. The molecule has 0 spiro atoms. The zero-order valence-electron chi connectivity index (χ0n) is 11.6. The number of carbonyl (C=O) groups is 1. The van der Waals surface area contributed by atoms with Gasteiger partial charge in [-0.3, -0.25) is 4.79 Å². The van der Waals surface area contributed by atoms with Crippen LogP contribution < -0.4 is 4.74 Å². The van der Waals surface area contributed by atoms with Gasteiger partial charge < -0.3 is 9.47 Å². The highest BCUT2D eigenvalue weighted by atomic mass is 79.9. The van der Waals surface area contributed by atoms with Gasteiger partial charge in [-0.05, 0) is 42.2 Å². The Morgan fingerprint density at radius 1 is 1.45 bits per heavy atom. The average molecular weight is 359 g/mol. The lowest BCUT2D eigenvalue weighted by atomic mass is 10.1. The van der Waals surface area contributed by atoms with Crippen LogP contribution >= 0.6 is 27.7 Å². The fourth-order valence-electron chi connectivity index (χ4n) is 1.99. The second-order valence-electron chi connectivity index (χ2n) is 5.11. The molecule has 0 aliphatic heterocycles. The summed E-state index contributed by atoms with van der Waals surface area (Å²) in [4.78, 5) is 11.3. The van der Waals surface area contributed by atoms with Crippen molar-refractivity contribution in [1.29, 1.82) is 0 Å². The van der Waals surface area contributed by atoms with Crippen molar-refractivity contribution in [3.8, 4) is 5.75 Å². The Kier molecular flexibility index (Phi) is 5.78. The molecule has 1 aromatic rings. The third kappa shape index (κ3) is 5.02. The van der Waals surface area contributed by atoms with Gasteiger partial charge in [0.05, 0.1) is 20.1 Å². The molecule has 0 unspecified atom stereocenters. The van der Waals surface area contributed by atoms with Crippen molar-refractivity contribution in [2.75, 3.05) is 25.2 Å². The predicted octanol–water partition coefficient (Wildman–Crippen LogP) is 3.90. The molecule has 0 N–H and O–H groups in total. The number of hydrogen-bond acceptors (Lipinski definition) is 4. The maximum atomic E-state index is 11.3. The van der Waals surface area contributed by atoms with E-state index in [4.69, 9.17) is 9.47 Å². The molecular formula is C15H19BrO3S. The fourth-order valence-corrected chi connectivity index (χ4v) is 3.54. The third-order valence-electron chi connectivity index (χ3n) is 3.40. The highest BCUT2D eigenvalue weighted by Gasteiger charge is 2.44. The van der Waals surface area contributed by atoms with Gasteiger partial charge in [0.2, 0.25) is 0 Å². The van der Waals surface area contributed by atoms with E-state index in [1.54, 1.807) is 0 Å². The molecule has 110 valence electrons. The molecule has 3 nitrogen and oxygen atoms in total. The molecule has 2 rings (SSSR count). The van der Waals surface area contributed by atoms with Crippen LogP contribution in [0.15, 0.2) is 28.7 Å². The third-order valence-corrected chi connectivity index (χ3v) is 5.17. The SMILES string of the molecule is COC(=O)CC1(CSCCOc2cccc(Br)c2)CC1. The van der Waals surface area contributed by atoms with E-state index in [2.05, 4.69) is 15.9 Å². The molecular weight excluding hydrogens is 340 g/mol. The number of benzene rings is 1. The van der Waals surface area contributed by atoms with Crippen molar-refractivity contribution in [3.63, 3.8) is 0 Å². The van der Waals surface area contributed by atoms with Crippen LogP contribution in [0.1, 0.15) is 19.3 Å². The second-order valence-corrected chi connectivity index (χ2v) is 7.13. The van der Waals surface area contributed by atoms with Crippen molar-refractivity contribution in [1.82, 2.24) is 0 Å². The summed E-state index contributed by atoms with van der Waals surface area (Å²) < 4.78 is 11.5. The molecule has 0 radical (unpaired) electrons. The Morgan fingerprint density at radius 2 is 2.25 bits per heavy atom. The number of halogens is 1. The molecule has 0 aromatic heterocycles. The first-order valence-corrected chi connectivity index (χ1v) is 8.61. The molecule has 5 heteroatoms. The Labute approximate surface area is 132 Å². The van der Waals surface area contributed by atoms with Crippen LogP contribution in [0.25, 0.3) is 0 Å². The van der Waals surface area contributed by atoms with Gasteiger partial charge in [-0.1, -0.05) is 22.0 Å². The molecule has 0 amide bonds. The predicted molar refractivity (Wildman–Crippen MR) is 85.3 cm³/mol. The van der Waals surface area contributed by atoms with Crippen molar-refractivity contribution < 1.29 is 14.3 Å². The van der Waals surface area contributed by atoms with E-state index in [-0.39, 0.29) is 11.4 Å². The van der Waals surface area contributed by atoms with E-state index in [0.29, 0.717) is 13.0 Å². The summed E-state index contributed by atoms with van der Waals surface area (Å²) >= 11 is 5.27. The minimum atomic E-state index is -0.0894. The van der Waals surface area contributed by atoms with Crippen molar-refractivity contribution in [3.05, 3.63) is 28.7 Å². The zero-order chi connectivity index (χ0) is 14.4. The summed E-state index contributed by atoms with van der Waals surface area (Å²) in [6.45, 7) is 0.690. The van der Waals surface area contributed by atoms with Gasteiger partial charge in [-0.2, -0.15) is 11.8 Å². The van der Waals surface area contributed by atoms with E-state index in [1.165, 1.54) is 7.11 Å². The molecule has 20 heavy (non-hydrogen) atoms. The Hall–Kier alpha value is -0.680. The maximum Gasteiger partial charge on any atom is 0.306 e. The second kappa shape index (κ2) is 7.36. The standard InChI is InChI=1S/C15H19BrO3S/c1-18-14(17)10-15(5-6-15)11-20-8-7-19-13-4-2-3-12(16)9-13/h2-4,9H,5-8,10-11H2,1H3. The van der Waals surface area contributed by atoms with Gasteiger partial charge in [-0.15, -0.1) is 0 Å². The van der Waals surface area contributed by atoms with Gasteiger partial charge in [0.25, 0.3) is 0 Å². The largest absolute Gasteiger partial charge is 0.493 e. The summed E-state index contributed by atoms with van der Waals surface area (Å²) in [5, 5.41) is 0. The molecule has 1 fully saturated rings. The van der Waals surface area contributed by atoms with E-state index in [1.807, 2.05) is 36.0 Å². The van der Waals surface area contributed by atoms with Crippen LogP contribution in [0.2, 0.25) is 0 Å². The minimum absolute atomic E-state index is 0.0894. The van der Waals surface area contributed by atoms with Crippen LogP contribution in [0.3, 0.4) is 0 Å². The molecule has 0 atom stereocenters. The molecule has 0 saturated heterocycles. The first kappa shape index (κ1) is 15.7. The van der Waals surface area contributed by atoms with Gasteiger partial charge in [0.15, 0.2) is 0 Å².